The maximum Gasteiger partial charge on any atom is 0.334 e. The van der Waals surface area contributed by atoms with E-state index in [0.717, 1.165) is 10.1 Å². The largest absolute Gasteiger partial charge is 0.361 e. The highest BCUT2D eigenvalue weighted by Crippen LogP contribution is 2.10. The fraction of sp³-hybridized carbons (Fsp3) is 0.444. The molecule has 0 bridgehead atoms. The van der Waals surface area contributed by atoms with E-state index in [4.69, 9.17) is 9.47 Å². The molecule has 0 saturated heterocycles. The SMILES string of the molecule is CC(OCn1c(=O)ccn(COCc2ccccc2)c1=O)[Si](C)(C)C. The standard InChI is InChI=1S/C18H26N2O4Si/c1-15(25(2,3)4)24-14-20-17(21)10-11-19(18(20)22)13-23-12-16-8-6-5-7-9-16/h5-11,15H,12-14H2,1-4H3. The molecule has 0 aliphatic heterocycles. The zero-order valence-electron chi connectivity index (χ0n) is 15.3. The van der Waals surface area contributed by atoms with E-state index in [1.165, 1.54) is 16.8 Å². The summed E-state index contributed by atoms with van der Waals surface area (Å²) in [7, 11) is -1.49. The van der Waals surface area contributed by atoms with Crippen LogP contribution in [-0.4, -0.2) is 22.9 Å². The van der Waals surface area contributed by atoms with Gasteiger partial charge in [-0.1, -0.05) is 50.0 Å². The molecule has 7 heteroatoms. The predicted molar refractivity (Wildman–Crippen MR) is 100 cm³/mol. The zero-order chi connectivity index (χ0) is 18.4. The third kappa shape index (κ3) is 5.52. The van der Waals surface area contributed by atoms with Gasteiger partial charge in [0.25, 0.3) is 5.56 Å². The van der Waals surface area contributed by atoms with E-state index < -0.39 is 13.8 Å². The molecule has 6 nitrogen and oxygen atoms in total. The minimum atomic E-state index is -1.49. The van der Waals surface area contributed by atoms with Crippen LogP contribution >= 0.6 is 0 Å². The highest BCUT2D eigenvalue weighted by molar-refractivity contribution is 6.77. The minimum absolute atomic E-state index is 0.0391. The van der Waals surface area contributed by atoms with Gasteiger partial charge in [0.1, 0.15) is 13.5 Å². The van der Waals surface area contributed by atoms with Crippen LogP contribution in [0.3, 0.4) is 0 Å². The summed E-state index contributed by atoms with van der Waals surface area (Å²) in [5, 5.41) is 0. The van der Waals surface area contributed by atoms with Crippen LogP contribution in [0, 0.1) is 0 Å². The fourth-order valence-electron chi connectivity index (χ4n) is 2.05. The summed E-state index contributed by atoms with van der Waals surface area (Å²) in [5.41, 5.74) is 0.272. The summed E-state index contributed by atoms with van der Waals surface area (Å²) < 4.78 is 13.8. The molecular weight excluding hydrogens is 336 g/mol. The summed E-state index contributed by atoms with van der Waals surface area (Å²) in [6.07, 6.45) is 1.45. The highest BCUT2D eigenvalue weighted by atomic mass is 28.3. The zero-order valence-corrected chi connectivity index (χ0v) is 16.3. The van der Waals surface area contributed by atoms with Crippen LogP contribution in [0.25, 0.3) is 0 Å². The summed E-state index contributed by atoms with van der Waals surface area (Å²) >= 11 is 0. The molecule has 2 rings (SSSR count). The van der Waals surface area contributed by atoms with Gasteiger partial charge in [0.15, 0.2) is 0 Å². The molecule has 0 fully saturated rings. The Morgan fingerprint density at radius 3 is 2.36 bits per heavy atom. The molecule has 1 aromatic carbocycles. The van der Waals surface area contributed by atoms with Crippen molar-refractivity contribution in [3.05, 3.63) is 69.0 Å². The minimum Gasteiger partial charge on any atom is -0.361 e. The van der Waals surface area contributed by atoms with Crippen molar-refractivity contribution in [1.29, 1.82) is 0 Å². The molecule has 0 radical (unpaired) electrons. The smallest absolute Gasteiger partial charge is 0.334 e. The molecule has 0 N–H and O–H groups in total. The summed E-state index contributed by atoms with van der Waals surface area (Å²) in [6.45, 7) is 8.97. The van der Waals surface area contributed by atoms with Crippen LogP contribution in [0.5, 0.6) is 0 Å². The van der Waals surface area contributed by atoms with E-state index in [-0.39, 0.29) is 24.7 Å². The fourth-order valence-corrected chi connectivity index (χ4v) is 2.62. The summed E-state index contributed by atoms with van der Waals surface area (Å²) in [5.74, 6) is 0. The van der Waals surface area contributed by atoms with E-state index in [9.17, 15) is 9.59 Å². The lowest BCUT2D eigenvalue weighted by Gasteiger charge is -2.25. The molecule has 1 unspecified atom stereocenters. The van der Waals surface area contributed by atoms with E-state index in [1.807, 2.05) is 37.3 Å². The van der Waals surface area contributed by atoms with E-state index in [0.29, 0.717) is 6.61 Å². The van der Waals surface area contributed by atoms with Gasteiger partial charge in [0, 0.05) is 18.0 Å². The van der Waals surface area contributed by atoms with Gasteiger partial charge in [0.05, 0.1) is 14.7 Å². The number of hydrogen-bond donors (Lipinski definition) is 0. The Kier molecular flexibility index (Phi) is 6.52. The third-order valence-electron chi connectivity index (χ3n) is 4.15. The molecule has 1 aromatic heterocycles. The van der Waals surface area contributed by atoms with Crippen molar-refractivity contribution >= 4 is 8.07 Å². The topological polar surface area (TPSA) is 62.5 Å². The molecule has 0 amide bonds. The normalized spacial score (nSPS) is 13.0. The monoisotopic (exact) mass is 362 g/mol. The van der Waals surface area contributed by atoms with E-state index in [2.05, 4.69) is 19.6 Å². The number of rotatable bonds is 8. The Labute approximate surface area is 148 Å². The van der Waals surface area contributed by atoms with Crippen molar-refractivity contribution in [2.75, 3.05) is 0 Å². The van der Waals surface area contributed by atoms with Gasteiger partial charge < -0.3 is 9.47 Å². The van der Waals surface area contributed by atoms with Crippen LogP contribution in [0.4, 0.5) is 0 Å². The average molecular weight is 363 g/mol. The number of nitrogens with zero attached hydrogens (tertiary/aromatic N) is 2. The number of ether oxygens (including phenoxy) is 2. The van der Waals surface area contributed by atoms with E-state index >= 15 is 0 Å². The lowest BCUT2D eigenvalue weighted by Crippen LogP contribution is -2.43. The van der Waals surface area contributed by atoms with Crippen LogP contribution < -0.4 is 11.2 Å². The number of aromatic nitrogens is 2. The second kappa shape index (κ2) is 8.42. The molecule has 0 aliphatic carbocycles. The lowest BCUT2D eigenvalue weighted by molar-refractivity contribution is 0.0403. The lowest BCUT2D eigenvalue weighted by atomic mass is 10.2. The Hall–Kier alpha value is -1.96. The maximum absolute atomic E-state index is 12.5. The predicted octanol–water partition coefficient (Wildman–Crippen LogP) is 2.42. The van der Waals surface area contributed by atoms with Crippen LogP contribution in [0.15, 0.2) is 52.2 Å². The molecule has 136 valence electrons. The molecule has 0 aliphatic rings. The van der Waals surface area contributed by atoms with Gasteiger partial charge in [-0.05, 0) is 12.5 Å². The number of hydrogen-bond acceptors (Lipinski definition) is 4. The first-order valence-electron chi connectivity index (χ1n) is 8.32. The van der Waals surface area contributed by atoms with Crippen LogP contribution in [0.1, 0.15) is 12.5 Å². The quantitative estimate of drug-likeness (QED) is 0.677. The Morgan fingerprint density at radius 1 is 1.04 bits per heavy atom. The van der Waals surface area contributed by atoms with Crippen molar-refractivity contribution in [2.24, 2.45) is 0 Å². The first-order valence-corrected chi connectivity index (χ1v) is 11.9. The van der Waals surface area contributed by atoms with Crippen LogP contribution in [-0.2, 0) is 29.5 Å². The maximum atomic E-state index is 12.5. The van der Waals surface area contributed by atoms with Gasteiger partial charge in [-0.25, -0.2) is 9.36 Å². The van der Waals surface area contributed by atoms with Crippen molar-refractivity contribution in [2.45, 2.75) is 52.4 Å². The molecular formula is C18H26N2O4Si. The third-order valence-corrected chi connectivity index (χ3v) is 6.76. The van der Waals surface area contributed by atoms with Gasteiger partial charge in [0.2, 0.25) is 0 Å². The van der Waals surface area contributed by atoms with Crippen molar-refractivity contribution < 1.29 is 9.47 Å². The first kappa shape index (κ1) is 19.4. The molecule has 25 heavy (non-hydrogen) atoms. The Morgan fingerprint density at radius 2 is 1.72 bits per heavy atom. The molecule has 1 atom stereocenters. The van der Waals surface area contributed by atoms with Gasteiger partial charge in [-0.15, -0.1) is 0 Å². The Bertz CT molecular complexity index is 793. The van der Waals surface area contributed by atoms with E-state index in [1.54, 1.807) is 0 Å². The van der Waals surface area contributed by atoms with Crippen molar-refractivity contribution in [1.82, 2.24) is 9.13 Å². The van der Waals surface area contributed by atoms with Gasteiger partial charge in [-0.3, -0.25) is 9.36 Å². The summed E-state index contributed by atoms with van der Waals surface area (Å²) in [6, 6.07) is 11.1. The van der Waals surface area contributed by atoms with Crippen LogP contribution in [0.2, 0.25) is 19.6 Å². The second-order valence-electron chi connectivity index (χ2n) is 7.10. The molecule has 1 heterocycles. The second-order valence-corrected chi connectivity index (χ2v) is 12.6. The highest BCUT2D eigenvalue weighted by Gasteiger charge is 2.23. The van der Waals surface area contributed by atoms with Crippen molar-refractivity contribution in [3.8, 4) is 0 Å². The Balaban J connectivity index is 2.03. The van der Waals surface area contributed by atoms with Crippen molar-refractivity contribution in [3.63, 3.8) is 0 Å². The van der Waals surface area contributed by atoms with Gasteiger partial charge >= 0.3 is 5.69 Å². The number of benzene rings is 1. The molecule has 0 spiro atoms. The van der Waals surface area contributed by atoms with Gasteiger partial charge in [-0.2, -0.15) is 0 Å². The molecule has 0 saturated carbocycles. The summed E-state index contributed by atoms with van der Waals surface area (Å²) in [4.78, 5) is 24.5. The first-order chi connectivity index (χ1) is 11.8. The average Bonchev–Trinajstić information content (AvgIpc) is 2.56. The molecule has 2 aromatic rings.